The summed E-state index contributed by atoms with van der Waals surface area (Å²) < 4.78 is 28.6. The van der Waals surface area contributed by atoms with Gasteiger partial charge in [0.2, 0.25) is 0 Å². The maximum absolute atomic E-state index is 13.3. The number of alkyl halides is 2. The first-order valence-corrected chi connectivity index (χ1v) is 15.2. The van der Waals surface area contributed by atoms with E-state index in [1.807, 2.05) is 46.4 Å². The molecule has 2 aromatic heterocycles. The third kappa shape index (κ3) is 5.88. The highest BCUT2D eigenvalue weighted by molar-refractivity contribution is 7.98. The number of nitroso groups, excluding NO2 is 1. The highest BCUT2D eigenvalue weighted by Gasteiger charge is 2.25. The van der Waals surface area contributed by atoms with E-state index in [2.05, 4.69) is 25.5 Å². The molecule has 0 saturated heterocycles. The summed E-state index contributed by atoms with van der Waals surface area (Å²) in [5, 5.41) is 14.6. The van der Waals surface area contributed by atoms with Gasteiger partial charge in [0.1, 0.15) is 6.07 Å². The number of amides is 1. The van der Waals surface area contributed by atoms with Crippen LogP contribution >= 0.6 is 32.8 Å². The second-order valence-electron chi connectivity index (χ2n) is 9.94. The van der Waals surface area contributed by atoms with Crippen molar-refractivity contribution in [3.8, 4) is 39.7 Å². The maximum Gasteiger partial charge on any atom is 0.316 e. The van der Waals surface area contributed by atoms with Gasteiger partial charge in [0.25, 0.3) is 6.43 Å². The standard InChI is InChI=1S/C34H20ClF2N4O2PS/c35-28-16-22(34(42)40-43)8-12-26(28)20-3-1-4-21(15-20)32-30(31-23(18-38)5-2-14-39-31)27-17-24(44)9-13-29(27)41(32)45-25-10-6-19(7-11-25)33(36)37/h1-17,33H,44H2. The lowest BCUT2D eigenvalue weighted by Crippen LogP contribution is -1.96. The molecule has 0 aliphatic heterocycles. The Morgan fingerprint density at radius 3 is 2.47 bits per heavy atom. The van der Waals surface area contributed by atoms with Crippen molar-refractivity contribution in [3.63, 3.8) is 0 Å². The van der Waals surface area contributed by atoms with Crippen molar-refractivity contribution in [2.75, 3.05) is 0 Å². The van der Waals surface area contributed by atoms with Crippen molar-refractivity contribution < 1.29 is 13.6 Å². The minimum Gasteiger partial charge on any atom is -0.278 e. The largest absolute Gasteiger partial charge is 0.316 e. The van der Waals surface area contributed by atoms with E-state index >= 15 is 0 Å². The van der Waals surface area contributed by atoms with E-state index in [1.54, 1.807) is 36.5 Å². The van der Waals surface area contributed by atoms with Crippen LogP contribution in [0.5, 0.6) is 0 Å². The SMILES string of the molecule is N#Cc1cccnc1-c1c(-c2cccc(-c3ccc(C(=O)N=O)cc3Cl)c2)n(Sc2ccc(C(F)F)cc2)c2ccc(P)cc12. The van der Waals surface area contributed by atoms with Gasteiger partial charge >= 0.3 is 5.91 Å². The summed E-state index contributed by atoms with van der Waals surface area (Å²) in [6.07, 6.45) is -0.944. The summed E-state index contributed by atoms with van der Waals surface area (Å²) in [5.74, 6) is -0.915. The number of halogens is 3. The third-order valence-electron chi connectivity index (χ3n) is 7.19. The smallest absolute Gasteiger partial charge is 0.278 e. The monoisotopic (exact) mass is 652 g/mol. The Morgan fingerprint density at radius 1 is 0.978 bits per heavy atom. The van der Waals surface area contributed by atoms with Crippen LogP contribution in [0.25, 0.3) is 44.5 Å². The Hall–Kier alpha value is -4.74. The van der Waals surface area contributed by atoms with E-state index in [9.17, 15) is 23.7 Å². The fraction of sp³-hybridized carbons (Fsp3) is 0.0294. The molecule has 1 unspecified atom stereocenters. The Labute approximate surface area is 268 Å². The van der Waals surface area contributed by atoms with Crippen molar-refractivity contribution in [2.24, 2.45) is 5.18 Å². The number of pyridine rings is 1. The van der Waals surface area contributed by atoms with E-state index in [1.165, 1.54) is 36.2 Å². The number of fused-ring (bicyclic) bond motifs is 1. The molecule has 0 saturated carbocycles. The van der Waals surface area contributed by atoms with Crippen LogP contribution in [0.15, 0.2) is 113 Å². The van der Waals surface area contributed by atoms with Crippen LogP contribution in [-0.2, 0) is 0 Å². The van der Waals surface area contributed by atoms with Crippen LogP contribution in [0.2, 0.25) is 5.02 Å². The lowest BCUT2D eigenvalue weighted by molar-refractivity contribution is 0.100. The number of nitriles is 1. The number of carbonyl (C=O) groups excluding carboxylic acids is 1. The van der Waals surface area contributed by atoms with Gasteiger partial charge < -0.3 is 0 Å². The number of nitrogens with zero attached hydrogens (tertiary/aromatic N) is 4. The van der Waals surface area contributed by atoms with Gasteiger partial charge in [0, 0.05) is 54.5 Å². The second kappa shape index (κ2) is 12.7. The lowest BCUT2D eigenvalue weighted by Gasteiger charge is -2.14. The number of aromatic nitrogens is 2. The Bertz CT molecular complexity index is 2160. The number of benzene rings is 4. The van der Waals surface area contributed by atoms with E-state index in [0.29, 0.717) is 16.8 Å². The van der Waals surface area contributed by atoms with Gasteiger partial charge in [0.15, 0.2) is 0 Å². The van der Waals surface area contributed by atoms with E-state index < -0.39 is 12.3 Å². The molecule has 1 atom stereocenters. The fourth-order valence-electron chi connectivity index (χ4n) is 5.12. The zero-order chi connectivity index (χ0) is 31.7. The minimum atomic E-state index is -2.58. The van der Waals surface area contributed by atoms with Gasteiger partial charge in [-0.15, -0.1) is 14.1 Å². The van der Waals surface area contributed by atoms with Crippen LogP contribution in [0, 0.1) is 16.2 Å². The van der Waals surface area contributed by atoms with Gasteiger partial charge in [-0.25, -0.2) is 8.78 Å². The molecule has 1 amide bonds. The summed E-state index contributed by atoms with van der Waals surface area (Å²) in [7, 11) is 2.70. The van der Waals surface area contributed by atoms with Gasteiger partial charge in [-0.05, 0) is 77.4 Å². The Morgan fingerprint density at radius 2 is 1.76 bits per heavy atom. The molecular formula is C34H20ClF2N4O2PS. The lowest BCUT2D eigenvalue weighted by atomic mass is 9.96. The summed E-state index contributed by atoms with van der Waals surface area (Å²) in [6, 6.07) is 29.9. The quantitative estimate of drug-likeness (QED) is 0.127. The highest BCUT2D eigenvalue weighted by Crippen LogP contribution is 2.45. The van der Waals surface area contributed by atoms with Crippen molar-refractivity contribution >= 4 is 54.9 Å². The fourth-order valence-corrected chi connectivity index (χ4v) is 6.69. The van der Waals surface area contributed by atoms with Crippen LogP contribution in [0.3, 0.4) is 0 Å². The van der Waals surface area contributed by atoms with E-state index in [0.717, 1.165) is 43.5 Å². The molecule has 0 aliphatic rings. The summed E-state index contributed by atoms with van der Waals surface area (Å²) in [4.78, 5) is 27.9. The van der Waals surface area contributed by atoms with Crippen LogP contribution in [0.1, 0.15) is 27.9 Å². The van der Waals surface area contributed by atoms with Crippen molar-refractivity contribution in [1.29, 1.82) is 5.26 Å². The second-order valence-corrected chi connectivity index (χ2v) is 12.0. The molecular weight excluding hydrogens is 633 g/mol. The van der Waals surface area contributed by atoms with Crippen molar-refractivity contribution in [2.45, 2.75) is 11.3 Å². The molecule has 0 spiro atoms. The molecule has 6 rings (SSSR count). The zero-order valence-corrected chi connectivity index (χ0v) is 25.8. The predicted octanol–water partition coefficient (Wildman–Crippen LogP) is 9.46. The first-order valence-electron chi connectivity index (χ1n) is 13.4. The molecule has 0 radical (unpaired) electrons. The number of rotatable bonds is 7. The average Bonchev–Trinajstić information content (AvgIpc) is 3.37. The van der Waals surface area contributed by atoms with E-state index in [4.69, 9.17) is 11.6 Å². The molecule has 0 fully saturated rings. The first kappa shape index (κ1) is 30.3. The van der Waals surface area contributed by atoms with Crippen LogP contribution < -0.4 is 5.30 Å². The van der Waals surface area contributed by atoms with Gasteiger partial charge in [-0.3, -0.25) is 13.8 Å². The third-order valence-corrected chi connectivity index (χ3v) is 8.90. The summed E-state index contributed by atoms with van der Waals surface area (Å²) in [5.41, 5.74) is 5.31. The Kier molecular flexibility index (Phi) is 8.55. The minimum absolute atomic E-state index is 0.0707. The molecule has 2 heterocycles. The molecule has 220 valence electrons. The van der Waals surface area contributed by atoms with Gasteiger partial charge in [-0.2, -0.15) is 5.26 Å². The molecule has 11 heteroatoms. The van der Waals surface area contributed by atoms with Crippen molar-refractivity contribution in [1.82, 2.24) is 8.96 Å². The van der Waals surface area contributed by atoms with Crippen molar-refractivity contribution in [3.05, 3.63) is 130 Å². The highest BCUT2D eigenvalue weighted by atomic mass is 35.5. The maximum atomic E-state index is 13.3. The number of hydrogen-bond acceptors (Lipinski definition) is 5. The van der Waals surface area contributed by atoms with Crippen LogP contribution in [0.4, 0.5) is 8.78 Å². The zero-order valence-electron chi connectivity index (χ0n) is 23.1. The molecule has 4 aromatic carbocycles. The van der Waals surface area contributed by atoms with Gasteiger partial charge in [0.05, 0.1) is 22.5 Å². The van der Waals surface area contributed by atoms with Crippen LogP contribution in [-0.4, -0.2) is 14.9 Å². The van der Waals surface area contributed by atoms with Gasteiger partial charge in [-0.1, -0.05) is 54.1 Å². The first-order chi connectivity index (χ1) is 21.8. The normalized spacial score (nSPS) is 11.1. The molecule has 0 aliphatic carbocycles. The van der Waals surface area contributed by atoms with E-state index in [-0.39, 0.29) is 16.1 Å². The molecule has 0 bridgehead atoms. The topological polar surface area (TPSA) is 88.1 Å². The molecule has 6 nitrogen and oxygen atoms in total. The molecule has 45 heavy (non-hydrogen) atoms. The molecule has 0 N–H and O–H groups in total. The number of carbonyl (C=O) groups is 1. The summed E-state index contributed by atoms with van der Waals surface area (Å²) >= 11 is 7.94. The Balaban J connectivity index is 1.62. The average molecular weight is 653 g/mol. The molecule has 6 aromatic rings. The number of hydrogen-bond donors (Lipinski definition) is 0. The predicted molar refractivity (Wildman–Crippen MR) is 178 cm³/mol. The summed E-state index contributed by atoms with van der Waals surface area (Å²) in [6.45, 7) is 0.